The largest absolute Gasteiger partial charge is 0.352 e. The fourth-order valence-electron chi connectivity index (χ4n) is 2.09. The van der Waals surface area contributed by atoms with Crippen LogP contribution in [0.15, 0.2) is 29.8 Å². The van der Waals surface area contributed by atoms with Crippen molar-refractivity contribution < 1.29 is 9.47 Å². The van der Waals surface area contributed by atoms with Crippen LogP contribution in [-0.4, -0.2) is 18.2 Å². The number of hydrogen-bond acceptors (Lipinski definition) is 2. The second-order valence-electron chi connectivity index (χ2n) is 4.07. The molecular formula is C14H17BrO2. The topological polar surface area (TPSA) is 18.5 Å². The Morgan fingerprint density at radius 1 is 1.35 bits per heavy atom. The van der Waals surface area contributed by atoms with Gasteiger partial charge < -0.3 is 9.47 Å². The molecule has 17 heavy (non-hydrogen) atoms. The molecule has 0 aliphatic heterocycles. The lowest BCUT2D eigenvalue weighted by molar-refractivity contribution is -0.145. The van der Waals surface area contributed by atoms with Crippen molar-refractivity contribution in [2.75, 3.05) is 11.9 Å². The van der Waals surface area contributed by atoms with Gasteiger partial charge in [0.2, 0.25) is 0 Å². The van der Waals surface area contributed by atoms with Crippen molar-refractivity contribution in [3.63, 3.8) is 0 Å². The zero-order valence-corrected chi connectivity index (χ0v) is 11.7. The average Bonchev–Trinajstić information content (AvgIpc) is 2.65. The number of alkyl halides is 1. The van der Waals surface area contributed by atoms with Gasteiger partial charge in [0.25, 0.3) is 0 Å². The normalized spacial score (nSPS) is 19.9. The van der Waals surface area contributed by atoms with E-state index in [-0.39, 0.29) is 12.4 Å². The van der Waals surface area contributed by atoms with Crippen LogP contribution >= 0.6 is 15.9 Å². The van der Waals surface area contributed by atoms with E-state index in [2.05, 4.69) is 47.1 Å². The van der Waals surface area contributed by atoms with E-state index in [0.29, 0.717) is 11.9 Å². The molecule has 0 heterocycles. The molecule has 3 heteroatoms. The molecular weight excluding hydrogens is 280 g/mol. The summed E-state index contributed by atoms with van der Waals surface area (Å²) in [7, 11) is 0. The summed E-state index contributed by atoms with van der Waals surface area (Å²) in [5.74, 6) is 0. The molecule has 0 N–H and O–H groups in total. The van der Waals surface area contributed by atoms with Crippen LogP contribution in [0.25, 0.3) is 6.08 Å². The standard InChI is InChI=1S/C14H17BrO2/c1-3-16-13(9-15)17-14-10(2)8-11-6-4-5-7-12(11)14/h4-8,13-14H,3,9H2,1-2H3. The van der Waals surface area contributed by atoms with Crippen LogP contribution in [0.3, 0.4) is 0 Å². The van der Waals surface area contributed by atoms with Crippen molar-refractivity contribution in [1.82, 2.24) is 0 Å². The van der Waals surface area contributed by atoms with E-state index >= 15 is 0 Å². The van der Waals surface area contributed by atoms with Gasteiger partial charge in [0.15, 0.2) is 6.29 Å². The van der Waals surface area contributed by atoms with E-state index in [1.807, 2.05) is 13.0 Å². The van der Waals surface area contributed by atoms with Crippen molar-refractivity contribution in [3.05, 3.63) is 41.0 Å². The lowest BCUT2D eigenvalue weighted by Crippen LogP contribution is -2.21. The fourth-order valence-corrected chi connectivity index (χ4v) is 2.43. The quantitative estimate of drug-likeness (QED) is 0.606. The predicted octanol–water partition coefficient (Wildman–Crippen LogP) is 3.92. The lowest BCUT2D eigenvalue weighted by atomic mass is 10.1. The highest BCUT2D eigenvalue weighted by atomic mass is 79.9. The van der Waals surface area contributed by atoms with Crippen LogP contribution < -0.4 is 0 Å². The van der Waals surface area contributed by atoms with E-state index in [0.717, 1.165) is 0 Å². The zero-order chi connectivity index (χ0) is 12.3. The minimum Gasteiger partial charge on any atom is -0.352 e. The summed E-state index contributed by atoms with van der Waals surface area (Å²) < 4.78 is 11.5. The Kier molecular flexibility index (Phi) is 4.37. The first-order chi connectivity index (χ1) is 8.26. The maximum Gasteiger partial charge on any atom is 0.168 e. The molecule has 0 radical (unpaired) electrons. The summed E-state index contributed by atoms with van der Waals surface area (Å²) in [5, 5.41) is 0.687. The monoisotopic (exact) mass is 296 g/mol. The fraction of sp³-hybridized carbons (Fsp3) is 0.429. The Morgan fingerprint density at radius 2 is 2.12 bits per heavy atom. The molecule has 2 atom stereocenters. The summed E-state index contributed by atoms with van der Waals surface area (Å²) >= 11 is 3.41. The molecule has 2 unspecified atom stereocenters. The summed E-state index contributed by atoms with van der Waals surface area (Å²) in [5.41, 5.74) is 3.72. The number of fused-ring (bicyclic) bond motifs is 1. The highest BCUT2D eigenvalue weighted by Gasteiger charge is 2.25. The van der Waals surface area contributed by atoms with E-state index in [1.165, 1.54) is 16.7 Å². The Bertz CT molecular complexity index is 414. The van der Waals surface area contributed by atoms with Crippen LogP contribution in [0.4, 0.5) is 0 Å². The smallest absolute Gasteiger partial charge is 0.168 e. The van der Waals surface area contributed by atoms with E-state index < -0.39 is 0 Å². The highest BCUT2D eigenvalue weighted by molar-refractivity contribution is 9.09. The number of ether oxygens (including phenoxy) is 2. The molecule has 92 valence electrons. The molecule has 1 aliphatic carbocycles. The average molecular weight is 297 g/mol. The van der Waals surface area contributed by atoms with Gasteiger partial charge in [0.1, 0.15) is 6.10 Å². The number of benzene rings is 1. The minimum absolute atomic E-state index is 0.0281. The molecule has 0 saturated heterocycles. The Morgan fingerprint density at radius 3 is 2.82 bits per heavy atom. The highest BCUT2D eigenvalue weighted by Crippen LogP contribution is 2.37. The van der Waals surface area contributed by atoms with Gasteiger partial charge in [-0.2, -0.15) is 0 Å². The summed E-state index contributed by atoms with van der Waals surface area (Å²) in [4.78, 5) is 0. The van der Waals surface area contributed by atoms with Crippen molar-refractivity contribution in [2.45, 2.75) is 26.2 Å². The van der Waals surface area contributed by atoms with Gasteiger partial charge >= 0.3 is 0 Å². The van der Waals surface area contributed by atoms with Gasteiger partial charge in [-0.3, -0.25) is 0 Å². The lowest BCUT2D eigenvalue weighted by Gasteiger charge is -2.22. The first kappa shape index (κ1) is 12.8. The number of rotatable bonds is 5. The van der Waals surface area contributed by atoms with Crippen molar-refractivity contribution in [2.24, 2.45) is 0 Å². The molecule has 0 saturated carbocycles. The maximum absolute atomic E-state index is 6.00. The molecule has 1 aromatic carbocycles. The van der Waals surface area contributed by atoms with Crippen LogP contribution in [0.1, 0.15) is 31.1 Å². The molecule has 0 spiro atoms. The SMILES string of the molecule is CCOC(CBr)OC1C(C)=Cc2ccccc21. The molecule has 2 rings (SSSR count). The van der Waals surface area contributed by atoms with Crippen LogP contribution in [0, 0.1) is 0 Å². The second-order valence-corrected chi connectivity index (χ2v) is 4.72. The van der Waals surface area contributed by atoms with Gasteiger partial charge in [-0.15, -0.1) is 0 Å². The van der Waals surface area contributed by atoms with Gasteiger partial charge in [-0.25, -0.2) is 0 Å². The molecule has 0 bridgehead atoms. The number of halogens is 1. The molecule has 1 aromatic rings. The molecule has 0 fully saturated rings. The van der Waals surface area contributed by atoms with E-state index in [9.17, 15) is 0 Å². The Labute approximate surface area is 111 Å². The third-order valence-electron chi connectivity index (χ3n) is 2.84. The molecule has 0 aromatic heterocycles. The molecule has 2 nitrogen and oxygen atoms in total. The second kappa shape index (κ2) is 5.80. The predicted molar refractivity (Wildman–Crippen MR) is 73.1 cm³/mol. The van der Waals surface area contributed by atoms with E-state index in [1.54, 1.807) is 0 Å². The van der Waals surface area contributed by atoms with Gasteiger partial charge in [-0.05, 0) is 30.5 Å². The third-order valence-corrected chi connectivity index (χ3v) is 3.37. The molecule has 1 aliphatic rings. The van der Waals surface area contributed by atoms with Gasteiger partial charge in [-0.1, -0.05) is 46.3 Å². The molecule has 0 amide bonds. The maximum atomic E-state index is 6.00. The van der Waals surface area contributed by atoms with Crippen LogP contribution in [0.5, 0.6) is 0 Å². The van der Waals surface area contributed by atoms with E-state index in [4.69, 9.17) is 9.47 Å². The van der Waals surface area contributed by atoms with Crippen LogP contribution in [0.2, 0.25) is 0 Å². The van der Waals surface area contributed by atoms with Crippen molar-refractivity contribution >= 4 is 22.0 Å². The summed E-state index contributed by atoms with van der Waals surface area (Å²) in [6.45, 7) is 4.74. The number of hydrogen-bond donors (Lipinski definition) is 0. The van der Waals surface area contributed by atoms with Crippen molar-refractivity contribution in [3.8, 4) is 0 Å². The third kappa shape index (κ3) is 2.79. The van der Waals surface area contributed by atoms with Gasteiger partial charge in [0, 0.05) is 6.61 Å². The van der Waals surface area contributed by atoms with Gasteiger partial charge in [0.05, 0.1) is 5.33 Å². The van der Waals surface area contributed by atoms with Crippen molar-refractivity contribution in [1.29, 1.82) is 0 Å². The summed E-state index contributed by atoms with van der Waals surface area (Å²) in [6, 6.07) is 8.33. The zero-order valence-electron chi connectivity index (χ0n) is 10.2. The summed E-state index contributed by atoms with van der Waals surface area (Å²) in [6.07, 6.45) is 2.01. The minimum atomic E-state index is -0.195. The van der Waals surface area contributed by atoms with Crippen LogP contribution in [-0.2, 0) is 9.47 Å². The Hall–Kier alpha value is -0.640. The Balaban J connectivity index is 2.14. The first-order valence-corrected chi connectivity index (χ1v) is 6.98. The first-order valence-electron chi connectivity index (χ1n) is 5.86.